The Morgan fingerprint density at radius 2 is 2.00 bits per heavy atom. The van der Waals surface area contributed by atoms with Crippen molar-refractivity contribution < 1.29 is 18.3 Å². The number of sulfonamides is 1. The molecule has 0 amide bonds. The second-order valence-electron chi connectivity index (χ2n) is 3.26. The van der Waals surface area contributed by atoms with Gasteiger partial charge in [0.2, 0.25) is 10.0 Å². The number of aliphatic carboxylic acids is 1. The van der Waals surface area contributed by atoms with Gasteiger partial charge in [0.15, 0.2) is 0 Å². The molecule has 0 saturated carbocycles. The van der Waals surface area contributed by atoms with Crippen LogP contribution in [0.15, 0.2) is 32.0 Å². The molecule has 0 saturated heterocycles. The van der Waals surface area contributed by atoms with Crippen LogP contribution in [0, 0.1) is 0 Å². The lowest BCUT2D eigenvalue weighted by molar-refractivity contribution is -0.138. The number of carbonyl (C=O) groups is 1. The normalized spacial score (nSPS) is 13.4. The molecule has 0 aliphatic carbocycles. The molecule has 1 atom stereocenters. The molecule has 8 heteroatoms. The van der Waals surface area contributed by atoms with Gasteiger partial charge in [-0.15, -0.1) is 0 Å². The number of nitrogens with one attached hydrogen (secondary N) is 1. The summed E-state index contributed by atoms with van der Waals surface area (Å²) in [6.07, 6.45) is 0. The van der Waals surface area contributed by atoms with Gasteiger partial charge < -0.3 is 5.11 Å². The molecule has 0 fully saturated rings. The summed E-state index contributed by atoms with van der Waals surface area (Å²) in [6.45, 7) is 1.26. The van der Waals surface area contributed by atoms with Crippen LogP contribution in [0.3, 0.4) is 0 Å². The lowest BCUT2D eigenvalue weighted by atomic mass is 10.4. The third-order valence-corrected chi connectivity index (χ3v) is 4.90. The van der Waals surface area contributed by atoms with Gasteiger partial charge in [-0.1, -0.05) is 15.9 Å². The molecule has 0 heterocycles. The molecule has 17 heavy (non-hydrogen) atoms. The van der Waals surface area contributed by atoms with Crippen LogP contribution < -0.4 is 4.72 Å². The minimum absolute atomic E-state index is 0.00574. The van der Waals surface area contributed by atoms with Crippen molar-refractivity contribution in [1.82, 2.24) is 4.72 Å². The summed E-state index contributed by atoms with van der Waals surface area (Å²) < 4.78 is 26.9. The summed E-state index contributed by atoms with van der Waals surface area (Å²) in [6, 6.07) is 3.33. The number of carboxylic acids is 1. The molecule has 0 aliphatic heterocycles. The van der Waals surface area contributed by atoms with Crippen LogP contribution in [-0.4, -0.2) is 25.5 Å². The lowest BCUT2D eigenvalue weighted by Crippen LogP contribution is -2.38. The Hall–Kier alpha value is -0.440. The van der Waals surface area contributed by atoms with Gasteiger partial charge in [0.05, 0.1) is 4.90 Å². The second-order valence-corrected chi connectivity index (χ2v) is 6.71. The Morgan fingerprint density at radius 3 is 2.47 bits per heavy atom. The Labute approximate surface area is 116 Å². The monoisotopic (exact) mass is 385 g/mol. The first-order chi connectivity index (χ1) is 7.74. The summed E-state index contributed by atoms with van der Waals surface area (Å²) in [5, 5.41) is 8.66. The van der Waals surface area contributed by atoms with Gasteiger partial charge >= 0.3 is 5.97 Å². The van der Waals surface area contributed by atoms with Crippen molar-refractivity contribution in [1.29, 1.82) is 0 Å². The smallest absolute Gasteiger partial charge is 0.321 e. The van der Waals surface area contributed by atoms with E-state index in [-0.39, 0.29) is 4.90 Å². The number of halogens is 2. The fraction of sp³-hybridized carbons (Fsp3) is 0.222. The van der Waals surface area contributed by atoms with E-state index in [1.165, 1.54) is 13.0 Å². The number of rotatable bonds is 4. The molecule has 0 aliphatic rings. The van der Waals surface area contributed by atoms with Crippen LogP contribution in [0.4, 0.5) is 0 Å². The maximum atomic E-state index is 11.9. The molecule has 1 aromatic rings. The van der Waals surface area contributed by atoms with Crippen LogP contribution in [0.2, 0.25) is 0 Å². The van der Waals surface area contributed by atoms with Crippen LogP contribution in [0.25, 0.3) is 0 Å². The zero-order valence-electron chi connectivity index (χ0n) is 8.65. The number of hydrogen-bond donors (Lipinski definition) is 2. The topological polar surface area (TPSA) is 83.5 Å². The minimum atomic E-state index is -3.85. The summed E-state index contributed by atoms with van der Waals surface area (Å²) in [7, 11) is -3.85. The summed E-state index contributed by atoms with van der Waals surface area (Å²) in [5.41, 5.74) is 0. The van der Waals surface area contributed by atoms with E-state index in [9.17, 15) is 13.2 Å². The highest BCUT2D eigenvalue weighted by Crippen LogP contribution is 2.25. The minimum Gasteiger partial charge on any atom is -0.480 e. The predicted molar refractivity (Wildman–Crippen MR) is 69.3 cm³/mol. The zero-order valence-corrected chi connectivity index (χ0v) is 12.6. The molecular formula is C9H9Br2NO4S. The van der Waals surface area contributed by atoms with E-state index in [0.717, 1.165) is 4.47 Å². The Bertz CT molecular complexity index is 544. The average Bonchev–Trinajstić information content (AvgIpc) is 2.15. The van der Waals surface area contributed by atoms with Gasteiger partial charge in [-0.25, -0.2) is 8.42 Å². The quantitative estimate of drug-likeness (QED) is 0.828. The predicted octanol–water partition coefficient (Wildman–Crippen LogP) is 1.96. The first kappa shape index (κ1) is 14.6. The molecule has 2 N–H and O–H groups in total. The Kier molecular flexibility index (Phi) is 4.70. The van der Waals surface area contributed by atoms with E-state index < -0.39 is 22.0 Å². The molecule has 0 radical (unpaired) electrons. The average molecular weight is 387 g/mol. The summed E-state index contributed by atoms with van der Waals surface area (Å²) >= 11 is 6.31. The fourth-order valence-corrected chi connectivity index (χ4v) is 3.98. The first-order valence-electron chi connectivity index (χ1n) is 4.44. The number of carboxylic acid groups (broad SMARTS) is 1. The van der Waals surface area contributed by atoms with E-state index in [0.29, 0.717) is 4.47 Å². The van der Waals surface area contributed by atoms with Crippen LogP contribution in [0.1, 0.15) is 6.92 Å². The largest absolute Gasteiger partial charge is 0.480 e. The van der Waals surface area contributed by atoms with E-state index in [1.54, 1.807) is 12.1 Å². The molecule has 0 aromatic heterocycles. The highest BCUT2D eigenvalue weighted by Gasteiger charge is 2.23. The SMILES string of the molecule is CC(NS(=O)(=O)c1ccc(Br)cc1Br)C(=O)O. The van der Waals surface area contributed by atoms with E-state index >= 15 is 0 Å². The third-order valence-electron chi connectivity index (χ3n) is 1.89. The van der Waals surface area contributed by atoms with Crippen LogP contribution in [-0.2, 0) is 14.8 Å². The second kappa shape index (κ2) is 5.47. The highest BCUT2D eigenvalue weighted by atomic mass is 79.9. The third kappa shape index (κ3) is 3.77. The lowest BCUT2D eigenvalue weighted by Gasteiger charge is -2.11. The molecule has 1 rings (SSSR count). The summed E-state index contributed by atoms with van der Waals surface area (Å²) in [5.74, 6) is -1.23. The van der Waals surface area contributed by atoms with Crippen molar-refractivity contribution in [2.45, 2.75) is 17.9 Å². The van der Waals surface area contributed by atoms with Crippen molar-refractivity contribution >= 4 is 47.9 Å². The van der Waals surface area contributed by atoms with Gasteiger partial charge in [0, 0.05) is 8.95 Å². The maximum absolute atomic E-state index is 11.9. The van der Waals surface area contributed by atoms with E-state index in [4.69, 9.17) is 5.11 Å². The van der Waals surface area contributed by atoms with Gasteiger partial charge in [-0.3, -0.25) is 4.79 Å². The van der Waals surface area contributed by atoms with E-state index in [1.807, 2.05) is 0 Å². The van der Waals surface area contributed by atoms with Crippen molar-refractivity contribution in [2.24, 2.45) is 0 Å². The number of benzene rings is 1. The van der Waals surface area contributed by atoms with Gasteiger partial charge in [-0.2, -0.15) is 4.72 Å². The molecule has 5 nitrogen and oxygen atoms in total. The van der Waals surface area contributed by atoms with Crippen molar-refractivity contribution in [3.05, 3.63) is 27.1 Å². The van der Waals surface area contributed by atoms with Gasteiger partial charge in [0.25, 0.3) is 0 Å². The molecule has 94 valence electrons. The van der Waals surface area contributed by atoms with Crippen molar-refractivity contribution in [3.8, 4) is 0 Å². The molecule has 1 unspecified atom stereocenters. The van der Waals surface area contributed by atoms with Gasteiger partial charge in [-0.05, 0) is 41.1 Å². The highest BCUT2D eigenvalue weighted by molar-refractivity contribution is 9.11. The number of hydrogen-bond acceptors (Lipinski definition) is 3. The maximum Gasteiger partial charge on any atom is 0.321 e. The molecule has 0 spiro atoms. The van der Waals surface area contributed by atoms with E-state index in [2.05, 4.69) is 36.6 Å². The van der Waals surface area contributed by atoms with Crippen molar-refractivity contribution in [3.63, 3.8) is 0 Å². The Morgan fingerprint density at radius 1 is 1.41 bits per heavy atom. The fourth-order valence-electron chi connectivity index (χ4n) is 1.04. The van der Waals surface area contributed by atoms with Crippen molar-refractivity contribution in [2.75, 3.05) is 0 Å². The summed E-state index contributed by atoms with van der Waals surface area (Å²) in [4.78, 5) is 10.6. The molecular weight excluding hydrogens is 378 g/mol. The van der Waals surface area contributed by atoms with Crippen LogP contribution in [0.5, 0.6) is 0 Å². The zero-order chi connectivity index (χ0) is 13.2. The molecule has 0 bridgehead atoms. The Balaban J connectivity index is 3.10. The molecule has 1 aromatic carbocycles. The van der Waals surface area contributed by atoms with Gasteiger partial charge in [0.1, 0.15) is 6.04 Å². The standard InChI is InChI=1S/C9H9Br2NO4S/c1-5(9(13)14)12-17(15,16)8-3-2-6(10)4-7(8)11/h2-5,12H,1H3,(H,13,14). The van der Waals surface area contributed by atoms with Crippen LogP contribution >= 0.6 is 31.9 Å². The first-order valence-corrected chi connectivity index (χ1v) is 7.51.